The zero-order chi connectivity index (χ0) is 20.1. The smallest absolute Gasteiger partial charge is 0.256 e. The minimum absolute atomic E-state index is 0.0586. The summed E-state index contributed by atoms with van der Waals surface area (Å²) in [6.07, 6.45) is 0. The molecule has 0 spiro atoms. The van der Waals surface area contributed by atoms with Crippen molar-refractivity contribution in [3.05, 3.63) is 65.5 Å². The number of thiophene rings is 1. The van der Waals surface area contributed by atoms with Gasteiger partial charge >= 0.3 is 0 Å². The lowest BCUT2D eigenvalue weighted by molar-refractivity contribution is 0.102. The number of carbonyl (C=O) groups excluding carboxylic acids is 1. The zero-order valence-electron chi connectivity index (χ0n) is 14.9. The minimum Gasteiger partial charge on any atom is -0.494 e. The van der Waals surface area contributed by atoms with Crippen LogP contribution in [-0.4, -0.2) is 20.9 Å². The molecule has 0 unspecified atom stereocenters. The molecule has 2 aromatic carbocycles. The normalized spacial score (nSPS) is 11.1. The second-order valence-electron chi connectivity index (χ2n) is 5.68. The topological polar surface area (TPSA) is 108 Å². The van der Waals surface area contributed by atoms with Crippen molar-refractivity contribution in [3.63, 3.8) is 0 Å². The van der Waals surface area contributed by atoms with E-state index >= 15 is 0 Å². The summed E-state index contributed by atoms with van der Waals surface area (Å²) in [7, 11) is -3.82. The molecule has 0 saturated heterocycles. The molecule has 0 fully saturated rings. The van der Waals surface area contributed by atoms with Gasteiger partial charge in [0.1, 0.15) is 21.5 Å². The van der Waals surface area contributed by atoms with E-state index in [1.807, 2.05) is 19.1 Å². The molecule has 0 saturated carbocycles. The lowest BCUT2D eigenvalue weighted by Crippen LogP contribution is -2.12. The number of sulfonamides is 1. The Kier molecular flexibility index (Phi) is 5.98. The van der Waals surface area contributed by atoms with Gasteiger partial charge in [0.15, 0.2) is 0 Å². The van der Waals surface area contributed by atoms with Crippen LogP contribution in [-0.2, 0) is 10.0 Å². The van der Waals surface area contributed by atoms with E-state index in [1.54, 1.807) is 36.4 Å². The van der Waals surface area contributed by atoms with Crippen molar-refractivity contribution in [1.29, 1.82) is 0 Å². The van der Waals surface area contributed by atoms with E-state index in [9.17, 15) is 13.2 Å². The van der Waals surface area contributed by atoms with E-state index in [-0.39, 0.29) is 9.77 Å². The Balaban J connectivity index is 1.62. The summed E-state index contributed by atoms with van der Waals surface area (Å²) in [5.74, 6) is 1.61. The van der Waals surface area contributed by atoms with Gasteiger partial charge < -0.3 is 14.8 Å². The monoisotopic (exact) mass is 418 g/mol. The second-order valence-corrected chi connectivity index (χ2v) is 8.38. The third kappa shape index (κ3) is 5.10. The molecular formula is C19H18N2O5S2. The van der Waals surface area contributed by atoms with Gasteiger partial charge in [-0.1, -0.05) is 0 Å². The summed E-state index contributed by atoms with van der Waals surface area (Å²) >= 11 is 0.900. The Hall–Kier alpha value is -2.88. The molecule has 0 radical (unpaired) electrons. The highest BCUT2D eigenvalue weighted by Gasteiger charge is 2.15. The van der Waals surface area contributed by atoms with Crippen molar-refractivity contribution in [2.45, 2.75) is 11.1 Å². The Morgan fingerprint density at radius 1 is 1.04 bits per heavy atom. The van der Waals surface area contributed by atoms with Crippen LogP contribution in [0.15, 0.2) is 64.2 Å². The maximum atomic E-state index is 12.2. The molecule has 0 aliphatic carbocycles. The summed E-state index contributed by atoms with van der Waals surface area (Å²) in [4.78, 5) is 12.2. The number of nitrogens with one attached hydrogen (secondary N) is 1. The molecule has 1 amide bonds. The second kappa shape index (κ2) is 8.42. The molecule has 7 nitrogen and oxygen atoms in total. The average Bonchev–Trinajstić information content (AvgIpc) is 3.16. The molecule has 1 heterocycles. The SMILES string of the molecule is CCOc1ccc(Oc2ccc(NC(=O)c3csc(S(N)(=O)=O)c3)cc2)cc1. The average molecular weight is 418 g/mol. The van der Waals surface area contributed by atoms with E-state index in [0.717, 1.165) is 17.1 Å². The van der Waals surface area contributed by atoms with E-state index in [4.69, 9.17) is 14.6 Å². The number of anilines is 1. The van der Waals surface area contributed by atoms with Crippen LogP contribution < -0.4 is 19.9 Å². The fourth-order valence-corrected chi connectivity index (χ4v) is 3.89. The molecule has 1 aromatic heterocycles. The first-order chi connectivity index (χ1) is 13.3. The molecule has 3 N–H and O–H groups in total. The van der Waals surface area contributed by atoms with Gasteiger partial charge in [-0.15, -0.1) is 11.3 Å². The number of benzene rings is 2. The summed E-state index contributed by atoms with van der Waals surface area (Å²) in [6.45, 7) is 2.52. The molecular weight excluding hydrogens is 400 g/mol. The van der Waals surface area contributed by atoms with Crippen LogP contribution in [0.1, 0.15) is 17.3 Å². The van der Waals surface area contributed by atoms with Gasteiger partial charge in [0, 0.05) is 11.1 Å². The Morgan fingerprint density at radius 3 is 2.14 bits per heavy atom. The van der Waals surface area contributed by atoms with Crippen LogP contribution >= 0.6 is 11.3 Å². The van der Waals surface area contributed by atoms with Crippen molar-refractivity contribution in [2.75, 3.05) is 11.9 Å². The predicted octanol–water partition coefficient (Wildman–Crippen LogP) is 3.84. The van der Waals surface area contributed by atoms with Gasteiger partial charge in [-0.3, -0.25) is 4.79 Å². The van der Waals surface area contributed by atoms with E-state index in [2.05, 4.69) is 5.32 Å². The Labute approximate surface area is 166 Å². The molecule has 0 atom stereocenters. The number of primary sulfonamides is 1. The number of carbonyl (C=O) groups is 1. The molecule has 3 aromatic rings. The van der Waals surface area contributed by atoms with E-state index < -0.39 is 15.9 Å². The summed E-state index contributed by atoms with van der Waals surface area (Å²) < 4.78 is 33.7. The van der Waals surface area contributed by atoms with Crippen LogP contribution in [0.25, 0.3) is 0 Å². The highest BCUT2D eigenvalue weighted by molar-refractivity contribution is 7.91. The van der Waals surface area contributed by atoms with Gasteiger partial charge in [-0.05, 0) is 61.5 Å². The Morgan fingerprint density at radius 2 is 1.61 bits per heavy atom. The first-order valence-electron chi connectivity index (χ1n) is 8.28. The molecule has 0 aliphatic heterocycles. The molecule has 0 bridgehead atoms. The quantitative estimate of drug-likeness (QED) is 0.606. The molecule has 28 heavy (non-hydrogen) atoms. The van der Waals surface area contributed by atoms with Crippen LogP contribution in [0.2, 0.25) is 0 Å². The Bertz CT molecular complexity index is 1060. The standard InChI is InChI=1S/C19H18N2O5S2/c1-2-25-15-7-9-17(10-8-15)26-16-5-3-14(4-6-16)21-19(22)13-11-18(27-12-13)28(20,23)24/h3-12H,2H2,1H3,(H,21,22)(H2,20,23,24). The van der Waals surface area contributed by atoms with E-state index in [1.165, 1.54) is 11.4 Å². The number of nitrogens with two attached hydrogens (primary N) is 1. The van der Waals surface area contributed by atoms with Crippen molar-refractivity contribution in [2.24, 2.45) is 5.14 Å². The molecule has 0 aliphatic rings. The maximum absolute atomic E-state index is 12.2. The number of ether oxygens (including phenoxy) is 2. The van der Waals surface area contributed by atoms with Crippen molar-refractivity contribution in [1.82, 2.24) is 0 Å². The molecule has 3 rings (SSSR count). The van der Waals surface area contributed by atoms with Crippen LogP contribution in [0, 0.1) is 0 Å². The predicted molar refractivity (Wildman–Crippen MR) is 108 cm³/mol. The molecule has 146 valence electrons. The minimum atomic E-state index is -3.82. The maximum Gasteiger partial charge on any atom is 0.256 e. The highest BCUT2D eigenvalue weighted by atomic mass is 32.2. The summed E-state index contributed by atoms with van der Waals surface area (Å²) in [5, 5.41) is 9.19. The summed E-state index contributed by atoms with van der Waals surface area (Å²) in [5.41, 5.74) is 0.774. The number of rotatable bonds is 7. The first kappa shape index (κ1) is 19.9. The van der Waals surface area contributed by atoms with Gasteiger partial charge in [0.25, 0.3) is 5.91 Å². The van der Waals surface area contributed by atoms with E-state index in [0.29, 0.717) is 23.8 Å². The third-order valence-corrected chi connectivity index (χ3v) is 5.99. The van der Waals surface area contributed by atoms with Crippen LogP contribution in [0.5, 0.6) is 17.2 Å². The van der Waals surface area contributed by atoms with Gasteiger partial charge in [0.2, 0.25) is 10.0 Å². The summed E-state index contributed by atoms with van der Waals surface area (Å²) in [6, 6.07) is 15.3. The van der Waals surface area contributed by atoms with Crippen LogP contribution in [0.3, 0.4) is 0 Å². The lowest BCUT2D eigenvalue weighted by atomic mass is 10.2. The van der Waals surface area contributed by atoms with Gasteiger partial charge in [-0.25, -0.2) is 13.6 Å². The molecule has 9 heteroatoms. The fourth-order valence-electron chi connectivity index (χ4n) is 2.30. The third-order valence-electron chi connectivity index (χ3n) is 3.60. The lowest BCUT2D eigenvalue weighted by Gasteiger charge is -2.09. The van der Waals surface area contributed by atoms with Gasteiger partial charge in [0.05, 0.1) is 12.2 Å². The zero-order valence-corrected chi connectivity index (χ0v) is 16.5. The number of hydrogen-bond donors (Lipinski definition) is 2. The van der Waals surface area contributed by atoms with Crippen molar-refractivity contribution >= 4 is 33.0 Å². The van der Waals surface area contributed by atoms with Crippen molar-refractivity contribution in [3.8, 4) is 17.2 Å². The fraction of sp³-hybridized carbons (Fsp3) is 0.105. The van der Waals surface area contributed by atoms with Gasteiger partial charge in [-0.2, -0.15) is 0 Å². The van der Waals surface area contributed by atoms with Crippen molar-refractivity contribution < 1.29 is 22.7 Å². The highest BCUT2D eigenvalue weighted by Crippen LogP contribution is 2.26. The largest absolute Gasteiger partial charge is 0.494 e. The first-order valence-corrected chi connectivity index (χ1v) is 10.7. The number of hydrogen-bond acceptors (Lipinski definition) is 6. The number of amides is 1. The van der Waals surface area contributed by atoms with Crippen LogP contribution in [0.4, 0.5) is 5.69 Å².